The molecule has 0 spiro atoms. The highest BCUT2D eigenvalue weighted by atomic mass is 16.1. The fourth-order valence-corrected chi connectivity index (χ4v) is 1.03. The molecule has 13 heavy (non-hydrogen) atoms. The third kappa shape index (κ3) is 6.18. The van der Waals surface area contributed by atoms with Crippen LogP contribution in [0.1, 0.15) is 33.1 Å². The number of nitrogens with one attached hydrogen (secondary N) is 1. The van der Waals surface area contributed by atoms with Gasteiger partial charge in [0.25, 0.3) is 0 Å². The molecule has 1 amide bonds. The Morgan fingerprint density at radius 2 is 2.31 bits per heavy atom. The largest absolute Gasteiger partial charge is 0.342 e. The highest BCUT2D eigenvalue weighted by Crippen LogP contribution is 1.96. The first kappa shape index (κ1) is 12.0. The number of carbonyl (C=O) groups is 1. The zero-order valence-electron chi connectivity index (χ0n) is 8.34. The van der Waals surface area contributed by atoms with Crippen molar-refractivity contribution in [3.8, 4) is 12.3 Å². The molecule has 0 fully saturated rings. The van der Waals surface area contributed by atoms with E-state index >= 15 is 0 Å². The highest BCUT2D eigenvalue weighted by molar-refractivity contribution is 5.77. The van der Waals surface area contributed by atoms with Gasteiger partial charge in [-0.05, 0) is 13.3 Å². The second kappa shape index (κ2) is 6.50. The fraction of sp³-hybridized carbons (Fsp3) is 0.700. The first-order valence-corrected chi connectivity index (χ1v) is 4.61. The molecule has 0 rings (SSSR count). The summed E-state index contributed by atoms with van der Waals surface area (Å²) in [5.74, 6) is 2.47. The van der Waals surface area contributed by atoms with Crippen LogP contribution in [-0.4, -0.2) is 18.0 Å². The predicted octanol–water partition coefficient (Wildman–Crippen LogP) is 0.642. The van der Waals surface area contributed by atoms with Crippen molar-refractivity contribution in [3.05, 3.63) is 0 Å². The number of hydrogen-bond donors (Lipinski definition) is 2. The van der Waals surface area contributed by atoms with Gasteiger partial charge in [0, 0.05) is 12.5 Å². The van der Waals surface area contributed by atoms with Gasteiger partial charge in [-0.3, -0.25) is 4.79 Å². The summed E-state index contributed by atoms with van der Waals surface area (Å²) in [6, 6.07) is -0.253. The number of amides is 1. The zero-order valence-corrected chi connectivity index (χ0v) is 8.34. The molecule has 0 saturated carbocycles. The van der Waals surface area contributed by atoms with Crippen molar-refractivity contribution in [2.24, 2.45) is 5.73 Å². The number of carbonyl (C=O) groups excluding carboxylic acids is 1. The summed E-state index contributed by atoms with van der Waals surface area (Å²) in [5.41, 5.74) is 5.47. The lowest BCUT2D eigenvalue weighted by Gasteiger charge is -2.12. The Bertz CT molecular complexity index is 194. The maximum absolute atomic E-state index is 11.2. The SMILES string of the molecule is C#CC(CCC)NC(=O)CC(C)N. The van der Waals surface area contributed by atoms with Crippen molar-refractivity contribution < 1.29 is 4.79 Å². The first-order valence-electron chi connectivity index (χ1n) is 4.61. The fourth-order valence-electron chi connectivity index (χ4n) is 1.03. The molecule has 3 heteroatoms. The molecule has 0 aliphatic rings. The van der Waals surface area contributed by atoms with Crippen molar-refractivity contribution in [2.45, 2.75) is 45.2 Å². The molecule has 0 heterocycles. The van der Waals surface area contributed by atoms with Gasteiger partial charge in [-0.2, -0.15) is 0 Å². The van der Waals surface area contributed by atoms with Crippen LogP contribution < -0.4 is 11.1 Å². The normalized spacial score (nSPS) is 14.3. The molecule has 0 aliphatic heterocycles. The number of rotatable bonds is 5. The van der Waals surface area contributed by atoms with Gasteiger partial charge >= 0.3 is 0 Å². The van der Waals surface area contributed by atoms with Gasteiger partial charge < -0.3 is 11.1 Å². The minimum absolute atomic E-state index is 0.0635. The van der Waals surface area contributed by atoms with Gasteiger partial charge in [0.1, 0.15) is 0 Å². The summed E-state index contributed by atoms with van der Waals surface area (Å²) in [7, 11) is 0. The van der Waals surface area contributed by atoms with E-state index in [-0.39, 0.29) is 18.0 Å². The van der Waals surface area contributed by atoms with Crippen molar-refractivity contribution >= 4 is 5.91 Å². The van der Waals surface area contributed by atoms with Crippen molar-refractivity contribution in [2.75, 3.05) is 0 Å². The van der Waals surface area contributed by atoms with Crippen LogP contribution in [0.25, 0.3) is 0 Å². The summed E-state index contributed by atoms with van der Waals surface area (Å²) >= 11 is 0. The molecule has 3 nitrogen and oxygen atoms in total. The van der Waals surface area contributed by atoms with E-state index in [2.05, 4.69) is 11.2 Å². The standard InChI is InChI=1S/C10H18N2O/c1-4-6-9(5-2)12-10(13)7-8(3)11/h2,8-9H,4,6-7,11H2,1,3H3,(H,12,13). The molecule has 2 unspecified atom stereocenters. The van der Waals surface area contributed by atoms with E-state index in [1.165, 1.54) is 0 Å². The zero-order chi connectivity index (χ0) is 10.3. The van der Waals surface area contributed by atoms with E-state index in [1.54, 1.807) is 6.92 Å². The second-order valence-corrected chi connectivity index (χ2v) is 3.26. The maximum Gasteiger partial charge on any atom is 0.222 e. The average molecular weight is 182 g/mol. The molecule has 0 radical (unpaired) electrons. The van der Waals surface area contributed by atoms with E-state index in [4.69, 9.17) is 12.2 Å². The smallest absolute Gasteiger partial charge is 0.222 e. The third-order valence-corrected chi connectivity index (χ3v) is 1.62. The Labute approximate surface area is 80.1 Å². The minimum atomic E-state index is -0.142. The number of nitrogens with two attached hydrogens (primary N) is 1. The molecule has 3 N–H and O–H groups in total. The molecule has 0 bridgehead atoms. The Balaban J connectivity index is 3.81. The third-order valence-electron chi connectivity index (χ3n) is 1.62. The lowest BCUT2D eigenvalue weighted by Crippen LogP contribution is -2.36. The Kier molecular flexibility index (Phi) is 5.99. The molecule has 2 atom stereocenters. The van der Waals surface area contributed by atoms with Crippen LogP contribution in [-0.2, 0) is 4.79 Å². The Morgan fingerprint density at radius 3 is 2.69 bits per heavy atom. The van der Waals surface area contributed by atoms with Crippen LogP contribution in [0.3, 0.4) is 0 Å². The molecule has 74 valence electrons. The van der Waals surface area contributed by atoms with Crippen molar-refractivity contribution in [1.82, 2.24) is 5.32 Å². The van der Waals surface area contributed by atoms with Gasteiger partial charge in [0.05, 0.1) is 6.04 Å². The lowest BCUT2D eigenvalue weighted by molar-refractivity contribution is -0.121. The summed E-state index contributed by atoms with van der Waals surface area (Å²) in [6.07, 6.45) is 7.36. The van der Waals surface area contributed by atoms with E-state index in [0.29, 0.717) is 6.42 Å². The molecule has 0 aliphatic carbocycles. The van der Waals surface area contributed by atoms with E-state index in [0.717, 1.165) is 12.8 Å². The predicted molar refractivity (Wildman–Crippen MR) is 53.9 cm³/mol. The first-order chi connectivity index (χ1) is 6.10. The Morgan fingerprint density at radius 1 is 1.69 bits per heavy atom. The summed E-state index contributed by atoms with van der Waals surface area (Å²) in [6.45, 7) is 3.83. The van der Waals surface area contributed by atoms with Crippen LogP contribution in [0.15, 0.2) is 0 Å². The van der Waals surface area contributed by atoms with Crippen LogP contribution in [0.4, 0.5) is 0 Å². The van der Waals surface area contributed by atoms with Crippen LogP contribution in [0.2, 0.25) is 0 Å². The molecular weight excluding hydrogens is 164 g/mol. The second-order valence-electron chi connectivity index (χ2n) is 3.26. The molecule has 0 aromatic carbocycles. The van der Waals surface area contributed by atoms with Crippen LogP contribution >= 0.6 is 0 Å². The quantitative estimate of drug-likeness (QED) is 0.613. The number of hydrogen-bond acceptors (Lipinski definition) is 2. The summed E-state index contributed by atoms with van der Waals surface area (Å²) < 4.78 is 0. The summed E-state index contributed by atoms with van der Waals surface area (Å²) in [5, 5.41) is 2.74. The van der Waals surface area contributed by atoms with Gasteiger partial charge in [0.15, 0.2) is 0 Å². The monoisotopic (exact) mass is 182 g/mol. The van der Waals surface area contributed by atoms with E-state index in [9.17, 15) is 4.79 Å². The van der Waals surface area contributed by atoms with Crippen LogP contribution in [0, 0.1) is 12.3 Å². The highest BCUT2D eigenvalue weighted by Gasteiger charge is 2.09. The summed E-state index contributed by atoms with van der Waals surface area (Å²) in [4.78, 5) is 11.2. The van der Waals surface area contributed by atoms with Gasteiger partial charge in [-0.15, -0.1) is 6.42 Å². The van der Waals surface area contributed by atoms with Gasteiger partial charge in [0.2, 0.25) is 5.91 Å². The van der Waals surface area contributed by atoms with Crippen molar-refractivity contribution in [3.63, 3.8) is 0 Å². The van der Waals surface area contributed by atoms with Gasteiger partial charge in [-0.1, -0.05) is 19.3 Å². The Hall–Kier alpha value is -1.01. The minimum Gasteiger partial charge on any atom is -0.342 e. The molecule has 0 saturated heterocycles. The van der Waals surface area contributed by atoms with Crippen LogP contribution in [0.5, 0.6) is 0 Å². The topological polar surface area (TPSA) is 55.1 Å². The van der Waals surface area contributed by atoms with E-state index in [1.807, 2.05) is 6.92 Å². The van der Waals surface area contributed by atoms with Crippen molar-refractivity contribution in [1.29, 1.82) is 0 Å². The average Bonchev–Trinajstić information content (AvgIpc) is 2.02. The molecule has 0 aromatic heterocycles. The molecular formula is C10H18N2O. The lowest BCUT2D eigenvalue weighted by atomic mass is 10.1. The number of terminal acetylenes is 1. The molecule has 0 aromatic rings. The maximum atomic E-state index is 11.2. The van der Waals surface area contributed by atoms with E-state index < -0.39 is 0 Å². The van der Waals surface area contributed by atoms with Gasteiger partial charge in [-0.25, -0.2) is 0 Å².